The molecule has 0 unspecified atom stereocenters. The molecule has 13 heteroatoms. The molecule has 3 N–H and O–H groups in total. The van der Waals surface area contributed by atoms with Crippen molar-refractivity contribution in [2.24, 2.45) is 0 Å². The number of aromatic nitrogens is 1. The van der Waals surface area contributed by atoms with Crippen LogP contribution in [0.5, 0.6) is 11.5 Å². The van der Waals surface area contributed by atoms with E-state index in [4.69, 9.17) is 14.5 Å². The summed E-state index contributed by atoms with van der Waals surface area (Å²) in [6.07, 6.45) is -3.55. The average Bonchev–Trinajstić information content (AvgIpc) is 2.73. The third-order valence-electron chi connectivity index (χ3n) is 4.42. The smallest absolute Gasteiger partial charge is 0.457 e. The number of phosphoric ester groups is 1. The Balaban J connectivity index is 1.87. The minimum absolute atomic E-state index is 0.0105. The average molecular weight is 498 g/mol. The van der Waals surface area contributed by atoms with Gasteiger partial charge in [-0.25, -0.2) is 4.57 Å². The molecule has 0 aliphatic heterocycles. The van der Waals surface area contributed by atoms with Gasteiger partial charge in [-0.1, -0.05) is 17.7 Å². The molecule has 0 radical (unpaired) electrons. The summed E-state index contributed by atoms with van der Waals surface area (Å²) in [7, 11) is -4.80. The highest BCUT2D eigenvalue weighted by molar-refractivity contribution is 7.46. The van der Waals surface area contributed by atoms with Crippen LogP contribution in [-0.4, -0.2) is 20.3 Å². The molecule has 1 amide bonds. The van der Waals surface area contributed by atoms with E-state index in [1.807, 2.05) is 6.92 Å². The first-order chi connectivity index (χ1) is 15.8. The second-order valence-corrected chi connectivity index (χ2v) is 8.29. The maximum Gasteiger partial charge on any atom is 0.471 e. The predicted molar refractivity (Wildman–Crippen MR) is 114 cm³/mol. The highest BCUT2D eigenvalue weighted by Crippen LogP contribution is 2.36. The molecule has 1 heterocycles. The Morgan fingerprint density at radius 2 is 1.76 bits per heavy atom. The first kappa shape index (κ1) is 25.2. The fourth-order valence-electron chi connectivity index (χ4n) is 2.73. The number of carbonyl (C=O) groups is 1. The van der Waals surface area contributed by atoms with Gasteiger partial charge in [-0.2, -0.15) is 13.2 Å². The summed E-state index contributed by atoms with van der Waals surface area (Å²) >= 11 is 0. The van der Waals surface area contributed by atoms with Crippen LogP contribution >= 0.6 is 7.82 Å². The van der Waals surface area contributed by atoms with E-state index in [0.29, 0.717) is 6.07 Å². The van der Waals surface area contributed by atoms with Crippen molar-refractivity contribution in [3.05, 3.63) is 87.8 Å². The maximum absolute atomic E-state index is 13.2. The molecule has 9 nitrogen and oxygen atoms in total. The summed E-state index contributed by atoms with van der Waals surface area (Å²) in [5, 5.41) is 2.38. The number of pyridine rings is 1. The zero-order valence-electron chi connectivity index (χ0n) is 17.4. The summed E-state index contributed by atoms with van der Waals surface area (Å²) < 4.78 is 61.0. The Morgan fingerprint density at radius 3 is 2.35 bits per heavy atom. The maximum atomic E-state index is 13.2. The number of phosphoric acid groups is 1. The molecule has 0 aliphatic carbocycles. The molecule has 3 rings (SSSR count). The van der Waals surface area contributed by atoms with Gasteiger partial charge in [0.15, 0.2) is 0 Å². The van der Waals surface area contributed by atoms with Crippen molar-refractivity contribution in [1.29, 1.82) is 0 Å². The Bertz CT molecular complexity index is 1300. The Kier molecular flexibility index (Phi) is 7.27. The van der Waals surface area contributed by atoms with Crippen LogP contribution in [0.3, 0.4) is 0 Å². The van der Waals surface area contributed by atoms with Gasteiger partial charge in [-0.3, -0.25) is 18.7 Å². The van der Waals surface area contributed by atoms with Crippen LogP contribution in [0.4, 0.5) is 18.9 Å². The minimum Gasteiger partial charge on any atom is -0.457 e. The lowest BCUT2D eigenvalue weighted by Gasteiger charge is -2.15. The van der Waals surface area contributed by atoms with Crippen LogP contribution < -0.4 is 15.6 Å². The van der Waals surface area contributed by atoms with E-state index in [1.165, 1.54) is 18.2 Å². The number of hydrogen-bond acceptors (Lipinski definition) is 5. The second kappa shape index (κ2) is 9.82. The number of benzene rings is 2. The standard InChI is InChI=1S/C21H18F3N2O7P/c1-13-2-5-16(6-3-13)33-18-10-14(21(22,23)24)4-7-17(18)20(28)25-15-8-9-26(19(27)11-15)12-32-34(29,30)31/h2-11H,12H2,1H3,(H,25,28)(H2,29,30,31). The van der Waals surface area contributed by atoms with E-state index in [1.54, 1.807) is 12.1 Å². The lowest BCUT2D eigenvalue weighted by molar-refractivity contribution is -0.137. The number of rotatable bonds is 7. The van der Waals surface area contributed by atoms with E-state index < -0.39 is 37.8 Å². The van der Waals surface area contributed by atoms with Gasteiger partial charge in [0, 0.05) is 18.0 Å². The first-order valence-corrected chi connectivity index (χ1v) is 11.0. The Labute approximate surface area is 190 Å². The van der Waals surface area contributed by atoms with E-state index in [-0.39, 0.29) is 22.7 Å². The van der Waals surface area contributed by atoms with Crippen LogP contribution in [0.2, 0.25) is 0 Å². The van der Waals surface area contributed by atoms with Crippen molar-refractivity contribution in [2.45, 2.75) is 19.8 Å². The van der Waals surface area contributed by atoms with Gasteiger partial charge in [0.1, 0.15) is 18.2 Å². The number of alkyl halides is 3. The molecule has 0 spiro atoms. The first-order valence-electron chi connectivity index (χ1n) is 9.49. The van der Waals surface area contributed by atoms with Crippen molar-refractivity contribution in [3.63, 3.8) is 0 Å². The van der Waals surface area contributed by atoms with Crippen molar-refractivity contribution in [1.82, 2.24) is 4.57 Å². The second-order valence-electron chi connectivity index (χ2n) is 7.05. The van der Waals surface area contributed by atoms with E-state index in [0.717, 1.165) is 34.5 Å². The third kappa shape index (κ3) is 6.78. The van der Waals surface area contributed by atoms with Crippen molar-refractivity contribution in [3.8, 4) is 11.5 Å². The molecule has 0 atom stereocenters. The largest absolute Gasteiger partial charge is 0.471 e. The van der Waals surface area contributed by atoms with Gasteiger partial charge in [0.05, 0.1) is 11.1 Å². The Morgan fingerprint density at radius 1 is 1.09 bits per heavy atom. The zero-order chi connectivity index (χ0) is 25.1. The summed E-state index contributed by atoms with van der Waals surface area (Å²) in [5.74, 6) is -0.981. The fraction of sp³-hybridized carbons (Fsp3) is 0.143. The van der Waals surface area contributed by atoms with Gasteiger partial charge < -0.3 is 19.8 Å². The highest BCUT2D eigenvalue weighted by atomic mass is 31.2. The summed E-state index contributed by atoms with van der Waals surface area (Å²) in [6.45, 7) is 1.09. The summed E-state index contributed by atoms with van der Waals surface area (Å²) in [5.41, 5.74) is -1.10. The number of amides is 1. The van der Waals surface area contributed by atoms with Crippen LogP contribution in [0.1, 0.15) is 21.5 Å². The molecule has 1 aromatic heterocycles. The molecular weight excluding hydrogens is 480 g/mol. The molecule has 0 bridgehead atoms. The SMILES string of the molecule is Cc1ccc(Oc2cc(C(F)(F)F)ccc2C(=O)Nc2ccn(COP(=O)(O)O)c(=O)c2)cc1. The monoisotopic (exact) mass is 498 g/mol. The van der Waals surface area contributed by atoms with Gasteiger partial charge in [0.25, 0.3) is 11.5 Å². The van der Waals surface area contributed by atoms with E-state index in [2.05, 4.69) is 9.84 Å². The van der Waals surface area contributed by atoms with E-state index >= 15 is 0 Å². The number of nitrogens with one attached hydrogen (secondary N) is 1. The zero-order valence-corrected chi connectivity index (χ0v) is 18.3. The van der Waals surface area contributed by atoms with Gasteiger partial charge in [-0.05, 0) is 43.3 Å². The van der Waals surface area contributed by atoms with Gasteiger partial charge in [0.2, 0.25) is 0 Å². The lowest BCUT2D eigenvalue weighted by atomic mass is 10.1. The summed E-state index contributed by atoms with van der Waals surface area (Å²) in [6, 6.07) is 11.0. The number of hydrogen-bond donors (Lipinski definition) is 3. The molecule has 0 saturated carbocycles. The quantitative estimate of drug-likeness (QED) is 0.415. The molecule has 0 aliphatic rings. The van der Waals surface area contributed by atoms with Crippen molar-refractivity contribution in [2.75, 3.05) is 5.32 Å². The number of anilines is 1. The molecule has 2 aromatic carbocycles. The number of halogens is 3. The van der Waals surface area contributed by atoms with Crippen molar-refractivity contribution >= 4 is 19.4 Å². The molecule has 180 valence electrons. The van der Waals surface area contributed by atoms with Gasteiger partial charge >= 0.3 is 14.0 Å². The molecule has 0 saturated heterocycles. The topological polar surface area (TPSA) is 127 Å². The van der Waals surface area contributed by atoms with Crippen LogP contribution in [0.15, 0.2) is 65.6 Å². The van der Waals surface area contributed by atoms with Crippen LogP contribution in [0, 0.1) is 6.92 Å². The van der Waals surface area contributed by atoms with Crippen molar-refractivity contribution < 1.29 is 41.6 Å². The lowest BCUT2D eigenvalue weighted by Crippen LogP contribution is -2.21. The predicted octanol–water partition coefficient (Wildman–Crippen LogP) is 4.29. The van der Waals surface area contributed by atoms with Crippen LogP contribution in [0.25, 0.3) is 0 Å². The minimum atomic E-state index is -4.80. The number of ether oxygens (including phenoxy) is 1. The normalized spacial score (nSPS) is 11.8. The van der Waals surface area contributed by atoms with Crippen LogP contribution in [-0.2, 0) is 22.0 Å². The number of nitrogens with zero attached hydrogens (tertiary/aromatic N) is 1. The molecule has 0 fully saturated rings. The highest BCUT2D eigenvalue weighted by Gasteiger charge is 2.32. The fourth-order valence-corrected chi connectivity index (χ4v) is 3.01. The Hall–Kier alpha value is -3.44. The van der Waals surface area contributed by atoms with Gasteiger partial charge in [-0.15, -0.1) is 0 Å². The number of aryl methyl sites for hydroxylation is 1. The molecular formula is C21H18F3N2O7P. The molecule has 34 heavy (non-hydrogen) atoms. The molecule has 3 aromatic rings. The number of carbonyl (C=O) groups excluding carboxylic acids is 1. The summed E-state index contributed by atoms with van der Waals surface area (Å²) in [4.78, 5) is 42.3. The van der Waals surface area contributed by atoms with E-state index in [9.17, 15) is 27.3 Å². The third-order valence-corrected chi connectivity index (χ3v) is 4.87.